The van der Waals surface area contributed by atoms with Crippen LogP contribution >= 0.6 is 0 Å². The largest absolute Gasteiger partial charge is 0.496 e. The summed E-state index contributed by atoms with van der Waals surface area (Å²) in [4.78, 5) is 0. The minimum atomic E-state index is -0.969. The van der Waals surface area contributed by atoms with Crippen molar-refractivity contribution in [3.63, 3.8) is 0 Å². The molecule has 0 heterocycles. The molecule has 0 saturated heterocycles. The highest BCUT2D eigenvalue weighted by Gasteiger charge is 2.37. The van der Waals surface area contributed by atoms with Gasteiger partial charge in [0.25, 0.3) is 0 Å². The maximum absolute atomic E-state index is 10.1. The second-order valence-electron chi connectivity index (χ2n) is 5.22. The van der Waals surface area contributed by atoms with E-state index < -0.39 is 11.2 Å². The fraction of sp³-hybridized carbons (Fsp3) is 0.571. The average molecular weight is 265 g/mol. The summed E-state index contributed by atoms with van der Waals surface area (Å²) in [5.41, 5.74) is -1.70. The van der Waals surface area contributed by atoms with E-state index in [-0.39, 0.29) is 8.41 Å². The zero-order chi connectivity index (χ0) is 14.0. The average Bonchev–Trinajstić information content (AvgIpc) is 2.26. The van der Waals surface area contributed by atoms with Gasteiger partial charge in [0.2, 0.25) is 0 Å². The number of hydrogen-bond acceptors (Lipinski definition) is 4. The highest BCUT2D eigenvalue weighted by Crippen LogP contribution is 2.33. The first-order valence-electron chi connectivity index (χ1n) is 5.84. The summed E-state index contributed by atoms with van der Waals surface area (Å²) in [5, 5.41) is 10.1. The summed E-state index contributed by atoms with van der Waals surface area (Å²) in [7, 11) is 3.17. The first-order valence-corrected chi connectivity index (χ1v) is 5.84. The Balaban J connectivity index is 0.00000324. The number of rotatable bonds is 5. The molecule has 105 valence electrons. The molecule has 0 atom stereocenters. The molecule has 0 aliphatic heterocycles. The smallest absolute Gasteiger partial charge is 0.131 e. The summed E-state index contributed by atoms with van der Waals surface area (Å²) in [6.07, 6.45) is 0. The van der Waals surface area contributed by atoms with Crippen LogP contribution in [0.15, 0.2) is 18.2 Å². The van der Waals surface area contributed by atoms with Crippen molar-refractivity contribution in [2.75, 3.05) is 14.2 Å². The molecule has 0 aliphatic carbocycles. The van der Waals surface area contributed by atoms with Gasteiger partial charge in [-0.3, -0.25) is 0 Å². The van der Waals surface area contributed by atoms with Gasteiger partial charge in [-0.1, -0.05) is 0 Å². The van der Waals surface area contributed by atoms with E-state index in [1.165, 1.54) is 0 Å². The third-order valence-corrected chi connectivity index (χ3v) is 3.17. The Bertz CT molecular complexity index is 388. The predicted molar refractivity (Wildman–Crippen MR) is 76.3 cm³/mol. The Kier molecular flexibility index (Phi) is 5.75. The molecular formula is C14H22BO4. The molecule has 5 heteroatoms. The molecule has 1 N–H and O–H groups in total. The van der Waals surface area contributed by atoms with Crippen molar-refractivity contribution in [1.82, 2.24) is 0 Å². The van der Waals surface area contributed by atoms with Gasteiger partial charge in [0.1, 0.15) is 22.8 Å². The molecule has 0 bridgehead atoms. The molecule has 1 aromatic rings. The second kappa shape index (κ2) is 6.19. The van der Waals surface area contributed by atoms with Crippen molar-refractivity contribution in [3.8, 4) is 17.2 Å². The number of aliphatic hydroxyl groups is 1. The fourth-order valence-corrected chi connectivity index (χ4v) is 1.26. The SMILES string of the molecule is COc1cc(OC)cc(OC(C)(C)C(C)(C)O)c1.[B]. The molecule has 1 aromatic carbocycles. The molecule has 0 saturated carbocycles. The van der Waals surface area contributed by atoms with Gasteiger partial charge in [-0.25, -0.2) is 0 Å². The molecule has 0 aliphatic rings. The normalized spacial score (nSPS) is 11.5. The number of ether oxygens (including phenoxy) is 3. The van der Waals surface area contributed by atoms with Crippen molar-refractivity contribution < 1.29 is 19.3 Å². The third-order valence-electron chi connectivity index (χ3n) is 3.17. The zero-order valence-corrected chi connectivity index (χ0v) is 12.5. The Morgan fingerprint density at radius 2 is 1.21 bits per heavy atom. The van der Waals surface area contributed by atoms with E-state index in [0.29, 0.717) is 17.2 Å². The highest BCUT2D eigenvalue weighted by molar-refractivity contribution is 5.75. The van der Waals surface area contributed by atoms with Crippen molar-refractivity contribution in [3.05, 3.63) is 18.2 Å². The minimum absolute atomic E-state index is 0. The standard InChI is InChI=1S/C14H22O4.B/c1-13(2,15)14(3,4)18-12-8-10(16-5)7-11(9-12)17-6;/h7-9,15H,1-6H3;. The molecule has 0 fully saturated rings. The van der Waals surface area contributed by atoms with Crippen LogP contribution < -0.4 is 14.2 Å². The lowest BCUT2D eigenvalue weighted by molar-refractivity contribution is -0.0907. The lowest BCUT2D eigenvalue weighted by Gasteiger charge is -2.37. The van der Waals surface area contributed by atoms with E-state index in [9.17, 15) is 5.11 Å². The van der Waals surface area contributed by atoms with Crippen LogP contribution in [0.2, 0.25) is 0 Å². The molecule has 0 spiro atoms. The lowest BCUT2D eigenvalue weighted by atomic mass is 9.89. The van der Waals surface area contributed by atoms with Crippen LogP contribution in [-0.4, -0.2) is 38.9 Å². The van der Waals surface area contributed by atoms with Gasteiger partial charge in [0.15, 0.2) is 0 Å². The fourth-order valence-electron chi connectivity index (χ4n) is 1.26. The number of benzene rings is 1. The summed E-state index contributed by atoms with van der Waals surface area (Å²) >= 11 is 0. The summed E-state index contributed by atoms with van der Waals surface area (Å²) < 4.78 is 16.2. The van der Waals surface area contributed by atoms with E-state index in [4.69, 9.17) is 14.2 Å². The third kappa shape index (κ3) is 4.35. The molecule has 0 unspecified atom stereocenters. The van der Waals surface area contributed by atoms with E-state index in [1.54, 1.807) is 46.3 Å². The van der Waals surface area contributed by atoms with Crippen molar-refractivity contribution in [2.24, 2.45) is 0 Å². The molecule has 4 nitrogen and oxygen atoms in total. The van der Waals surface area contributed by atoms with Gasteiger partial charge < -0.3 is 19.3 Å². The number of methoxy groups -OCH3 is 2. The van der Waals surface area contributed by atoms with Crippen molar-refractivity contribution in [2.45, 2.75) is 38.9 Å². The van der Waals surface area contributed by atoms with Crippen LogP contribution in [0.3, 0.4) is 0 Å². The van der Waals surface area contributed by atoms with Crippen molar-refractivity contribution in [1.29, 1.82) is 0 Å². The maximum Gasteiger partial charge on any atom is 0.131 e. The zero-order valence-electron chi connectivity index (χ0n) is 12.5. The van der Waals surface area contributed by atoms with Crippen molar-refractivity contribution >= 4 is 8.41 Å². The van der Waals surface area contributed by atoms with Gasteiger partial charge in [0, 0.05) is 26.6 Å². The maximum atomic E-state index is 10.1. The monoisotopic (exact) mass is 265 g/mol. The molecule has 1 rings (SSSR count). The molecular weight excluding hydrogens is 243 g/mol. The molecule has 0 aromatic heterocycles. The Hall–Kier alpha value is -1.36. The van der Waals surface area contributed by atoms with Gasteiger partial charge >= 0.3 is 0 Å². The molecule has 0 amide bonds. The summed E-state index contributed by atoms with van der Waals surface area (Å²) in [5.74, 6) is 1.89. The van der Waals surface area contributed by atoms with E-state index in [1.807, 2.05) is 13.8 Å². The summed E-state index contributed by atoms with van der Waals surface area (Å²) in [6, 6.07) is 5.29. The molecule has 3 radical (unpaired) electrons. The van der Waals surface area contributed by atoms with Crippen LogP contribution in [-0.2, 0) is 0 Å². The Labute approximate surface area is 117 Å². The van der Waals surface area contributed by atoms with Crippen LogP contribution in [0.4, 0.5) is 0 Å². The minimum Gasteiger partial charge on any atom is -0.496 e. The van der Waals surface area contributed by atoms with Gasteiger partial charge in [-0.05, 0) is 27.7 Å². The van der Waals surface area contributed by atoms with Crippen LogP contribution in [0.25, 0.3) is 0 Å². The highest BCUT2D eigenvalue weighted by atomic mass is 16.5. The van der Waals surface area contributed by atoms with Gasteiger partial charge in [-0.15, -0.1) is 0 Å². The quantitative estimate of drug-likeness (QED) is 0.829. The predicted octanol–water partition coefficient (Wildman–Crippen LogP) is 2.25. The Morgan fingerprint density at radius 1 is 0.842 bits per heavy atom. The van der Waals surface area contributed by atoms with Crippen LogP contribution in [0.5, 0.6) is 17.2 Å². The van der Waals surface area contributed by atoms with E-state index >= 15 is 0 Å². The van der Waals surface area contributed by atoms with E-state index in [0.717, 1.165) is 0 Å². The summed E-state index contributed by atoms with van der Waals surface area (Å²) in [6.45, 7) is 7.09. The second-order valence-corrected chi connectivity index (χ2v) is 5.22. The van der Waals surface area contributed by atoms with Crippen LogP contribution in [0, 0.1) is 0 Å². The van der Waals surface area contributed by atoms with E-state index in [2.05, 4.69) is 0 Å². The topological polar surface area (TPSA) is 47.9 Å². The molecule has 19 heavy (non-hydrogen) atoms. The first-order chi connectivity index (χ1) is 8.19. The van der Waals surface area contributed by atoms with Gasteiger partial charge in [-0.2, -0.15) is 0 Å². The Morgan fingerprint density at radius 3 is 1.53 bits per heavy atom. The lowest BCUT2D eigenvalue weighted by Crippen LogP contribution is -2.49. The van der Waals surface area contributed by atoms with Crippen LogP contribution in [0.1, 0.15) is 27.7 Å². The number of hydrogen-bond donors (Lipinski definition) is 1. The first kappa shape index (κ1) is 17.6. The van der Waals surface area contributed by atoms with Gasteiger partial charge in [0.05, 0.1) is 19.8 Å².